The highest BCUT2D eigenvalue weighted by atomic mass is 16.5. The van der Waals surface area contributed by atoms with E-state index in [-0.39, 0.29) is 0 Å². The van der Waals surface area contributed by atoms with Gasteiger partial charge in [-0.2, -0.15) is 0 Å². The maximum absolute atomic E-state index is 13.2. The molecule has 134 valence electrons. The molecule has 3 aromatic rings. The number of rotatable bonds is 5. The molecule has 3 rings (SSSR count). The lowest BCUT2D eigenvalue weighted by Crippen LogP contribution is -2.43. The number of fused-ring (bicyclic) bond motifs is 1. The third kappa shape index (κ3) is 2.77. The third-order valence-corrected chi connectivity index (χ3v) is 4.33. The highest BCUT2D eigenvalue weighted by Crippen LogP contribution is 2.18. The van der Waals surface area contributed by atoms with Crippen molar-refractivity contribution in [2.75, 3.05) is 7.11 Å². The van der Waals surface area contributed by atoms with Crippen LogP contribution in [0.2, 0.25) is 0 Å². The molecule has 7 nitrogen and oxygen atoms in total. The molecule has 0 fully saturated rings. The first-order chi connectivity index (χ1) is 12.5. The summed E-state index contributed by atoms with van der Waals surface area (Å²) in [7, 11) is 1.50. The molecule has 0 radical (unpaired) electrons. The Balaban J connectivity index is 2.47. The van der Waals surface area contributed by atoms with Crippen LogP contribution in [0.3, 0.4) is 0 Å². The van der Waals surface area contributed by atoms with Crippen molar-refractivity contribution in [1.29, 1.82) is 0 Å². The van der Waals surface area contributed by atoms with Gasteiger partial charge in [0.1, 0.15) is 11.8 Å². The van der Waals surface area contributed by atoms with Gasteiger partial charge in [0.05, 0.1) is 23.7 Å². The molecule has 0 bridgehead atoms. The van der Waals surface area contributed by atoms with Crippen LogP contribution in [0.1, 0.15) is 19.4 Å². The fraction of sp³-hybridized carbons (Fsp3) is 0.211. The lowest BCUT2D eigenvalue weighted by Gasteiger charge is -2.19. The number of ether oxygens (including phenoxy) is 1. The minimum absolute atomic E-state index is 0.328. The molecule has 1 atom stereocenters. The number of nitrogens with two attached hydrogens (primary N) is 1. The molecular weight excluding hydrogens is 334 g/mol. The Morgan fingerprint density at radius 2 is 1.88 bits per heavy atom. The van der Waals surface area contributed by atoms with Gasteiger partial charge in [-0.05, 0) is 30.7 Å². The molecular formula is C19H19N3O4. The largest absolute Gasteiger partial charge is 0.497 e. The molecule has 0 aliphatic heterocycles. The molecule has 0 saturated carbocycles. The maximum Gasteiger partial charge on any atom is 0.336 e. The standard InChI is InChI=1S/C19H19N3O4/c1-3-15(17(20)23)22-16-10-5-4-9-14(16)18(24)21(19(22)25)12-7-6-8-13(11-12)26-2/h4-11,15H,3H2,1-2H3,(H2,20,23). The predicted octanol–water partition coefficient (Wildman–Crippen LogP) is 1.60. The van der Waals surface area contributed by atoms with Gasteiger partial charge in [0.15, 0.2) is 0 Å². The summed E-state index contributed by atoms with van der Waals surface area (Å²) in [4.78, 5) is 38.1. The number of methoxy groups -OCH3 is 1. The van der Waals surface area contributed by atoms with Crippen molar-refractivity contribution in [2.45, 2.75) is 19.4 Å². The van der Waals surface area contributed by atoms with Crippen molar-refractivity contribution in [1.82, 2.24) is 9.13 Å². The summed E-state index contributed by atoms with van der Waals surface area (Å²) < 4.78 is 7.51. The average molecular weight is 353 g/mol. The lowest BCUT2D eigenvalue weighted by atomic mass is 10.1. The molecule has 1 unspecified atom stereocenters. The van der Waals surface area contributed by atoms with Crippen LogP contribution in [0.25, 0.3) is 16.6 Å². The second-order valence-corrected chi connectivity index (χ2v) is 5.84. The summed E-state index contributed by atoms with van der Waals surface area (Å²) in [6.45, 7) is 1.76. The van der Waals surface area contributed by atoms with Crippen molar-refractivity contribution in [3.8, 4) is 11.4 Å². The number of carbonyl (C=O) groups excluding carboxylic acids is 1. The minimum atomic E-state index is -0.857. The predicted molar refractivity (Wildman–Crippen MR) is 98.9 cm³/mol. The molecule has 2 aromatic carbocycles. The topological polar surface area (TPSA) is 96.3 Å². The molecule has 0 aliphatic carbocycles. The van der Waals surface area contributed by atoms with Crippen molar-refractivity contribution in [2.24, 2.45) is 5.73 Å². The Kier molecular flexibility index (Phi) is 4.62. The van der Waals surface area contributed by atoms with Gasteiger partial charge in [-0.3, -0.25) is 14.2 Å². The van der Waals surface area contributed by atoms with E-state index in [9.17, 15) is 14.4 Å². The maximum atomic E-state index is 13.2. The molecule has 0 saturated heterocycles. The summed E-state index contributed by atoms with van der Waals surface area (Å²) in [6.07, 6.45) is 0.329. The number of nitrogens with zero attached hydrogens (tertiary/aromatic N) is 2. The van der Waals surface area contributed by atoms with Gasteiger partial charge >= 0.3 is 5.69 Å². The van der Waals surface area contributed by atoms with E-state index in [1.54, 1.807) is 55.5 Å². The van der Waals surface area contributed by atoms with Crippen LogP contribution < -0.4 is 21.7 Å². The number of primary amides is 1. The van der Waals surface area contributed by atoms with E-state index in [0.29, 0.717) is 28.8 Å². The van der Waals surface area contributed by atoms with E-state index in [1.807, 2.05) is 0 Å². The Morgan fingerprint density at radius 1 is 1.15 bits per heavy atom. The SMILES string of the molecule is CCC(C(N)=O)n1c(=O)n(-c2cccc(OC)c2)c(=O)c2ccccc21. The zero-order valence-electron chi connectivity index (χ0n) is 14.5. The molecule has 26 heavy (non-hydrogen) atoms. The second kappa shape index (κ2) is 6.87. The lowest BCUT2D eigenvalue weighted by molar-refractivity contribution is -0.121. The molecule has 0 spiro atoms. The first-order valence-corrected chi connectivity index (χ1v) is 8.19. The molecule has 0 aliphatic rings. The summed E-state index contributed by atoms with van der Waals surface area (Å²) >= 11 is 0. The normalized spacial score (nSPS) is 12.1. The van der Waals surface area contributed by atoms with E-state index >= 15 is 0 Å². The van der Waals surface area contributed by atoms with E-state index in [2.05, 4.69) is 0 Å². The number of hydrogen-bond acceptors (Lipinski definition) is 4. The fourth-order valence-electron chi connectivity index (χ4n) is 3.07. The summed E-state index contributed by atoms with van der Waals surface area (Å²) in [5.41, 5.74) is 5.17. The number of hydrogen-bond donors (Lipinski definition) is 1. The summed E-state index contributed by atoms with van der Waals surface area (Å²) in [5.74, 6) is -0.119. The summed E-state index contributed by atoms with van der Waals surface area (Å²) in [5, 5.41) is 0.328. The Bertz CT molecular complexity index is 1100. The van der Waals surface area contributed by atoms with Crippen LogP contribution in [0.5, 0.6) is 5.75 Å². The van der Waals surface area contributed by atoms with Crippen molar-refractivity contribution in [3.05, 3.63) is 69.4 Å². The second-order valence-electron chi connectivity index (χ2n) is 5.84. The van der Waals surface area contributed by atoms with Gasteiger partial charge in [-0.1, -0.05) is 25.1 Å². The van der Waals surface area contributed by atoms with E-state index in [4.69, 9.17) is 10.5 Å². The highest BCUT2D eigenvalue weighted by Gasteiger charge is 2.23. The molecule has 1 amide bonds. The third-order valence-electron chi connectivity index (χ3n) is 4.33. The van der Waals surface area contributed by atoms with Crippen LogP contribution in [-0.4, -0.2) is 22.2 Å². The Labute approximate surface area is 149 Å². The van der Waals surface area contributed by atoms with Gasteiger partial charge in [0, 0.05) is 6.07 Å². The van der Waals surface area contributed by atoms with Gasteiger partial charge in [-0.25, -0.2) is 9.36 Å². The molecule has 1 heterocycles. The van der Waals surface area contributed by atoms with E-state index in [1.165, 1.54) is 11.7 Å². The van der Waals surface area contributed by atoms with Crippen molar-refractivity contribution < 1.29 is 9.53 Å². The Hall–Kier alpha value is -3.35. The van der Waals surface area contributed by atoms with Crippen LogP contribution in [0.15, 0.2) is 58.1 Å². The van der Waals surface area contributed by atoms with Gasteiger partial charge in [-0.15, -0.1) is 0 Å². The van der Waals surface area contributed by atoms with Crippen LogP contribution in [0.4, 0.5) is 0 Å². The average Bonchev–Trinajstić information content (AvgIpc) is 2.65. The van der Waals surface area contributed by atoms with E-state index < -0.39 is 23.2 Å². The molecule has 2 N–H and O–H groups in total. The minimum Gasteiger partial charge on any atom is -0.497 e. The van der Waals surface area contributed by atoms with Crippen LogP contribution in [-0.2, 0) is 4.79 Å². The van der Waals surface area contributed by atoms with Gasteiger partial charge in [0.25, 0.3) is 5.56 Å². The van der Waals surface area contributed by atoms with Gasteiger partial charge in [0.2, 0.25) is 5.91 Å². The van der Waals surface area contributed by atoms with Crippen LogP contribution in [0, 0.1) is 0 Å². The number of amides is 1. The van der Waals surface area contributed by atoms with Crippen LogP contribution >= 0.6 is 0 Å². The summed E-state index contributed by atoms with van der Waals surface area (Å²) in [6, 6.07) is 12.4. The fourth-order valence-corrected chi connectivity index (χ4v) is 3.07. The number of benzene rings is 2. The number of para-hydroxylation sites is 1. The van der Waals surface area contributed by atoms with Crippen molar-refractivity contribution in [3.63, 3.8) is 0 Å². The first kappa shape index (κ1) is 17.5. The van der Waals surface area contributed by atoms with Gasteiger partial charge < -0.3 is 10.5 Å². The number of aromatic nitrogens is 2. The van der Waals surface area contributed by atoms with E-state index in [0.717, 1.165) is 4.57 Å². The Morgan fingerprint density at radius 3 is 2.54 bits per heavy atom. The first-order valence-electron chi connectivity index (χ1n) is 8.19. The molecule has 7 heteroatoms. The quantitative estimate of drug-likeness (QED) is 0.753. The smallest absolute Gasteiger partial charge is 0.336 e. The highest BCUT2D eigenvalue weighted by molar-refractivity contribution is 5.83. The van der Waals surface area contributed by atoms with Crippen molar-refractivity contribution >= 4 is 16.8 Å². The number of carbonyl (C=O) groups is 1. The zero-order valence-corrected chi connectivity index (χ0v) is 14.5. The zero-order chi connectivity index (χ0) is 18.8. The monoisotopic (exact) mass is 353 g/mol. The molecule has 1 aromatic heterocycles.